The van der Waals surface area contributed by atoms with Crippen LogP contribution in [0.15, 0.2) is 16.5 Å². The SMILES string of the molecule is Cc1cc(Cl)c(-c2nc(N)oc2C)cc1F. The van der Waals surface area contributed by atoms with E-state index in [2.05, 4.69) is 4.98 Å². The fourth-order valence-corrected chi connectivity index (χ4v) is 1.80. The summed E-state index contributed by atoms with van der Waals surface area (Å²) in [6, 6.07) is 2.93. The van der Waals surface area contributed by atoms with Gasteiger partial charge in [-0.1, -0.05) is 11.6 Å². The van der Waals surface area contributed by atoms with Crippen LogP contribution in [0.2, 0.25) is 5.02 Å². The van der Waals surface area contributed by atoms with E-state index in [1.165, 1.54) is 6.07 Å². The summed E-state index contributed by atoms with van der Waals surface area (Å²) >= 11 is 6.03. The van der Waals surface area contributed by atoms with Crippen LogP contribution in [0.4, 0.5) is 10.4 Å². The number of oxazole rings is 1. The number of aryl methyl sites for hydroxylation is 2. The molecule has 0 atom stereocenters. The van der Waals surface area contributed by atoms with Crippen LogP contribution >= 0.6 is 11.6 Å². The van der Waals surface area contributed by atoms with Gasteiger partial charge >= 0.3 is 0 Å². The molecule has 0 spiro atoms. The fourth-order valence-electron chi connectivity index (χ4n) is 1.49. The number of halogens is 2. The van der Waals surface area contributed by atoms with Gasteiger partial charge in [-0.15, -0.1) is 0 Å². The number of hydrogen-bond donors (Lipinski definition) is 1. The highest BCUT2D eigenvalue weighted by atomic mass is 35.5. The van der Waals surface area contributed by atoms with Crippen molar-refractivity contribution in [2.24, 2.45) is 0 Å². The van der Waals surface area contributed by atoms with Gasteiger partial charge < -0.3 is 10.2 Å². The van der Waals surface area contributed by atoms with E-state index in [4.69, 9.17) is 21.8 Å². The molecule has 16 heavy (non-hydrogen) atoms. The summed E-state index contributed by atoms with van der Waals surface area (Å²) in [7, 11) is 0. The molecule has 3 nitrogen and oxygen atoms in total. The zero-order chi connectivity index (χ0) is 11.9. The first-order valence-electron chi connectivity index (χ1n) is 4.68. The summed E-state index contributed by atoms with van der Waals surface area (Å²) in [6.45, 7) is 3.35. The molecule has 1 aromatic carbocycles. The van der Waals surface area contributed by atoms with Gasteiger partial charge in [-0.2, -0.15) is 4.98 Å². The van der Waals surface area contributed by atoms with E-state index >= 15 is 0 Å². The highest BCUT2D eigenvalue weighted by molar-refractivity contribution is 6.33. The van der Waals surface area contributed by atoms with Gasteiger partial charge in [0.25, 0.3) is 6.01 Å². The Morgan fingerprint density at radius 2 is 2.06 bits per heavy atom. The number of benzene rings is 1. The highest BCUT2D eigenvalue weighted by Gasteiger charge is 2.15. The minimum atomic E-state index is -0.333. The molecule has 2 rings (SSSR count). The number of nitrogens with zero attached hydrogens (tertiary/aromatic N) is 1. The van der Waals surface area contributed by atoms with E-state index in [0.717, 1.165) is 0 Å². The lowest BCUT2D eigenvalue weighted by molar-refractivity contribution is 0.548. The third-order valence-electron chi connectivity index (χ3n) is 2.32. The Hall–Kier alpha value is -1.55. The molecular weight excluding hydrogens is 231 g/mol. The molecule has 0 amide bonds. The van der Waals surface area contributed by atoms with Crippen LogP contribution in [0.1, 0.15) is 11.3 Å². The van der Waals surface area contributed by atoms with Gasteiger partial charge in [-0.25, -0.2) is 4.39 Å². The Kier molecular flexibility index (Phi) is 2.59. The van der Waals surface area contributed by atoms with Crippen LogP contribution in [-0.2, 0) is 0 Å². The monoisotopic (exact) mass is 240 g/mol. The molecule has 84 valence electrons. The molecule has 0 bridgehead atoms. The van der Waals surface area contributed by atoms with E-state index in [0.29, 0.717) is 27.6 Å². The van der Waals surface area contributed by atoms with Gasteiger partial charge in [0.1, 0.15) is 17.3 Å². The molecule has 1 heterocycles. The van der Waals surface area contributed by atoms with Crippen molar-refractivity contribution in [2.75, 3.05) is 5.73 Å². The lowest BCUT2D eigenvalue weighted by Crippen LogP contribution is -1.89. The zero-order valence-electron chi connectivity index (χ0n) is 8.84. The molecule has 1 aromatic heterocycles. The molecular formula is C11H10ClFN2O. The lowest BCUT2D eigenvalue weighted by atomic mass is 10.1. The maximum atomic E-state index is 13.4. The Morgan fingerprint density at radius 1 is 1.38 bits per heavy atom. The minimum absolute atomic E-state index is 0.0459. The number of rotatable bonds is 1. The van der Waals surface area contributed by atoms with Crippen molar-refractivity contribution in [2.45, 2.75) is 13.8 Å². The van der Waals surface area contributed by atoms with Crippen LogP contribution in [-0.4, -0.2) is 4.98 Å². The van der Waals surface area contributed by atoms with Gasteiger partial charge in [0.15, 0.2) is 0 Å². The second-order valence-corrected chi connectivity index (χ2v) is 3.95. The second kappa shape index (κ2) is 3.79. The standard InChI is InChI=1S/C11H10ClFN2O/c1-5-3-8(12)7(4-9(5)13)10-6(2)16-11(14)15-10/h3-4H,1-2H3,(H2,14,15). The smallest absolute Gasteiger partial charge is 0.292 e. The maximum Gasteiger partial charge on any atom is 0.292 e. The largest absolute Gasteiger partial charge is 0.429 e. The van der Waals surface area contributed by atoms with E-state index < -0.39 is 0 Å². The molecule has 0 unspecified atom stereocenters. The first-order valence-corrected chi connectivity index (χ1v) is 5.05. The van der Waals surface area contributed by atoms with Crippen molar-refractivity contribution in [1.29, 1.82) is 0 Å². The van der Waals surface area contributed by atoms with E-state index in [9.17, 15) is 4.39 Å². The van der Waals surface area contributed by atoms with Crippen molar-refractivity contribution in [3.05, 3.63) is 34.3 Å². The van der Waals surface area contributed by atoms with Crippen LogP contribution in [0.5, 0.6) is 0 Å². The topological polar surface area (TPSA) is 52.0 Å². The normalized spacial score (nSPS) is 10.8. The summed E-state index contributed by atoms with van der Waals surface area (Å²) in [5, 5.41) is 0.426. The fraction of sp³-hybridized carbons (Fsp3) is 0.182. The maximum absolute atomic E-state index is 13.4. The van der Waals surface area contributed by atoms with Gasteiger partial charge in [0, 0.05) is 5.56 Å². The van der Waals surface area contributed by atoms with Gasteiger partial charge in [-0.05, 0) is 31.5 Å². The Morgan fingerprint density at radius 3 is 2.62 bits per heavy atom. The Balaban J connectivity index is 2.64. The number of hydrogen-bond acceptors (Lipinski definition) is 3. The average Bonchev–Trinajstić information content (AvgIpc) is 2.51. The second-order valence-electron chi connectivity index (χ2n) is 3.54. The first-order chi connectivity index (χ1) is 7.49. The van der Waals surface area contributed by atoms with Gasteiger partial charge in [0.05, 0.1) is 5.02 Å². The summed E-state index contributed by atoms with van der Waals surface area (Å²) < 4.78 is 18.5. The number of nitrogen functional groups attached to an aromatic ring is 1. The van der Waals surface area contributed by atoms with Gasteiger partial charge in [-0.3, -0.25) is 0 Å². The molecule has 0 radical (unpaired) electrons. The predicted molar refractivity (Wildman–Crippen MR) is 60.8 cm³/mol. The number of anilines is 1. The quantitative estimate of drug-likeness (QED) is 0.832. The molecule has 0 saturated carbocycles. The highest BCUT2D eigenvalue weighted by Crippen LogP contribution is 2.32. The van der Waals surface area contributed by atoms with Crippen molar-refractivity contribution >= 4 is 17.6 Å². The lowest BCUT2D eigenvalue weighted by Gasteiger charge is -2.04. The van der Waals surface area contributed by atoms with Crippen LogP contribution in [0, 0.1) is 19.7 Å². The summed E-state index contributed by atoms with van der Waals surface area (Å²) in [4.78, 5) is 3.97. The molecule has 0 aliphatic rings. The average molecular weight is 241 g/mol. The van der Waals surface area contributed by atoms with E-state index in [1.807, 2.05) is 0 Å². The number of nitrogens with two attached hydrogens (primary N) is 1. The number of aromatic nitrogens is 1. The third-order valence-corrected chi connectivity index (χ3v) is 2.63. The molecule has 0 aliphatic heterocycles. The molecule has 0 saturated heterocycles. The van der Waals surface area contributed by atoms with E-state index in [-0.39, 0.29) is 11.8 Å². The van der Waals surface area contributed by atoms with Crippen molar-refractivity contribution in [3.63, 3.8) is 0 Å². The molecule has 5 heteroatoms. The van der Waals surface area contributed by atoms with E-state index in [1.54, 1.807) is 19.9 Å². The Labute approximate surface area is 97.0 Å². The summed E-state index contributed by atoms with van der Waals surface area (Å²) in [5.74, 6) is 0.183. The minimum Gasteiger partial charge on any atom is -0.429 e. The van der Waals surface area contributed by atoms with Crippen LogP contribution in [0.25, 0.3) is 11.3 Å². The first kappa shape index (κ1) is 11.0. The van der Waals surface area contributed by atoms with Crippen LogP contribution < -0.4 is 5.73 Å². The molecule has 2 N–H and O–H groups in total. The van der Waals surface area contributed by atoms with Crippen molar-refractivity contribution in [3.8, 4) is 11.3 Å². The molecule has 0 aliphatic carbocycles. The zero-order valence-corrected chi connectivity index (χ0v) is 9.60. The molecule has 2 aromatic rings. The Bertz CT molecular complexity index is 551. The van der Waals surface area contributed by atoms with Crippen LogP contribution in [0.3, 0.4) is 0 Å². The predicted octanol–water partition coefficient (Wildman–Crippen LogP) is 3.33. The van der Waals surface area contributed by atoms with Gasteiger partial charge in [0.2, 0.25) is 0 Å². The molecule has 0 fully saturated rings. The van der Waals surface area contributed by atoms with Crippen molar-refractivity contribution < 1.29 is 8.81 Å². The summed E-state index contributed by atoms with van der Waals surface area (Å²) in [5.41, 5.74) is 6.87. The summed E-state index contributed by atoms with van der Waals surface area (Å²) in [6.07, 6.45) is 0. The van der Waals surface area contributed by atoms with Crippen molar-refractivity contribution in [1.82, 2.24) is 4.98 Å². The third kappa shape index (κ3) is 1.76.